The quantitative estimate of drug-likeness (QED) is 0.689. The van der Waals surface area contributed by atoms with Gasteiger partial charge in [-0.05, 0) is 47.0 Å². The number of aromatic hydroxyl groups is 2. The molecule has 0 spiro atoms. The molecule has 0 radical (unpaired) electrons. The summed E-state index contributed by atoms with van der Waals surface area (Å²) in [6.45, 7) is 0. The number of phenols is 2. The molecule has 2 aromatic carbocycles. The van der Waals surface area contributed by atoms with Crippen molar-refractivity contribution in [2.45, 2.75) is 0 Å². The number of hydrogen-bond acceptors (Lipinski definition) is 4. The molecular formula is C18H14FNO4. The molecule has 3 N–H and O–H groups in total. The molecule has 122 valence electrons. The van der Waals surface area contributed by atoms with Gasteiger partial charge in [0.1, 0.15) is 0 Å². The number of ether oxygens (including phenoxy) is 1. The third-order valence-electron chi connectivity index (χ3n) is 3.67. The van der Waals surface area contributed by atoms with E-state index in [4.69, 9.17) is 4.74 Å². The van der Waals surface area contributed by atoms with E-state index < -0.39 is 11.6 Å². The molecule has 0 aliphatic rings. The van der Waals surface area contributed by atoms with E-state index in [0.29, 0.717) is 22.3 Å². The molecule has 0 saturated heterocycles. The zero-order valence-corrected chi connectivity index (χ0v) is 12.7. The zero-order valence-electron chi connectivity index (χ0n) is 12.7. The lowest BCUT2D eigenvalue weighted by atomic mass is 10.0. The van der Waals surface area contributed by atoms with Crippen molar-refractivity contribution in [1.29, 1.82) is 0 Å². The fourth-order valence-electron chi connectivity index (χ4n) is 2.40. The maximum atomic E-state index is 13.2. The third-order valence-corrected chi connectivity index (χ3v) is 3.67. The molecule has 0 amide bonds. The van der Waals surface area contributed by atoms with Crippen LogP contribution in [0.25, 0.3) is 22.3 Å². The van der Waals surface area contributed by atoms with Gasteiger partial charge in [0.2, 0.25) is 0 Å². The van der Waals surface area contributed by atoms with Gasteiger partial charge in [0.05, 0.1) is 7.11 Å². The van der Waals surface area contributed by atoms with Gasteiger partial charge in [-0.2, -0.15) is 0 Å². The maximum absolute atomic E-state index is 13.2. The summed E-state index contributed by atoms with van der Waals surface area (Å²) in [6.07, 6.45) is 1.48. The van der Waals surface area contributed by atoms with Crippen LogP contribution < -0.4 is 10.3 Å². The molecule has 3 aromatic rings. The summed E-state index contributed by atoms with van der Waals surface area (Å²) in [5.41, 5.74) is 1.75. The van der Waals surface area contributed by atoms with Crippen LogP contribution in [0.2, 0.25) is 0 Å². The number of benzene rings is 2. The van der Waals surface area contributed by atoms with Crippen LogP contribution in [-0.2, 0) is 0 Å². The molecule has 0 fully saturated rings. The lowest BCUT2D eigenvalue weighted by Crippen LogP contribution is -2.08. The molecule has 0 bridgehead atoms. The molecule has 24 heavy (non-hydrogen) atoms. The molecule has 0 aliphatic carbocycles. The Morgan fingerprint density at radius 2 is 1.71 bits per heavy atom. The Labute approximate surface area is 136 Å². The molecule has 1 aromatic heterocycles. The lowest BCUT2D eigenvalue weighted by Gasteiger charge is -2.08. The average Bonchev–Trinajstić information content (AvgIpc) is 2.58. The highest BCUT2D eigenvalue weighted by molar-refractivity contribution is 5.73. The molecule has 3 rings (SSSR count). The maximum Gasteiger partial charge on any atom is 0.255 e. The standard InChI is InChI=1S/C18H14FNO4/c1-24-17-8-11(3-5-15(17)21)13-6-12(9-20-18(13)23)10-2-4-14(19)16(22)7-10/h2-9,21-22H,1H3,(H,20,23). The Balaban J connectivity index is 2.13. The summed E-state index contributed by atoms with van der Waals surface area (Å²) in [5.74, 6) is -0.966. The van der Waals surface area contributed by atoms with E-state index in [0.717, 1.165) is 6.07 Å². The predicted molar refractivity (Wildman–Crippen MR) is 87.8 cm³/mol. The highest BCUT2D eigenvalue weighted by atomic mass is 19.1. The molecule has 0 unspecified atom stereocenters. The summed E-state index contributed by atoms with van der Waals surface area (Å²) in [4.78, 5) is 14.8. The van der Waals surface area contributed by atoms with Crippen LogP contribution in [0.15, 0.2) is 53.5 Å². The highest BCUT2D eigenvalue weighted by Crippen LogP contribution is 2.32. The summed E-state index contributed by atoms with van der Waals surface area (Å²) in [6, 6.07) is 10.1. The first kappa shape index (κ1) is 15.6. The van der Waals surface area contributed by atoms with Crippen molar-refractivity contribution < 1.29 is 19.3 Å². The van der Waals surface area contributed by atoms with Gasteiger partial charge in [-0.25, -0.2) is 4.39 Å². The summed E-state index contributed by atoms with van der Waals surface area (Å²) < 4.78 is 18.3. The van der Waals surface area contributed by atoms with E-state index >= 15 is 0 Å². The van der Waals surface area contributed by atoms with Crippen molar-refractivity contribution in [3.63, 3.8) is 0 Å². The van der Waals surface area contributed by atoms with Crippen LogP contribution in [0.1, 0.15) is 0 Å². The number of methoxy groups -OCH3 is 1. The number of aromatic nitrogens is 1. The van der Waals surface area contributed by atoms with E-state index in [1.807, 2.05) is 0 Å². The van der Waals surface area contributed by atoms with Crippen molar-refractivity contribution in [3.05, 3.63) is 64.8 Å². The first-order valence-corrected chi connectivity index (χ1v) is 7.08. The van der Waals surface area contributed by atoms with Gasteiger partial charge in [-0.15, -0.1) is 0 Å². The monoisotopic (exact) mass is 327 g/mol. The Morgan fingerprint density at radius 1 is 0.958 bits per heavy atom. The largest absolute Gasteiger partial charge is 0.505 e. The highest BCUT2D eigenvalue weighted by Gasteiger charge is 2.11. The second kappa shape index (κ2) is 6.08. The number of halogens is 1. The fourth-order valence-corrected chi connectivity index (χ4v) is 2.40. The van der Waals surface area contributed by atoms with E-state index in [9.17, 15) is 19.4 Å². The van der Waals surface area contributed by atoms with Crippen LogP contribution in [0.5, 0.6) is 17.2 Å². The van der Waals surface area contributed by atoms with Crippen LogP contribution in [-0.4, -0.2) is 22.3 Å². The van der Waals surface area contributed by atoms with Crippen LogP contribution in [0.4, 0.5) is 4.39 Å². The SMILES string of the molecule is COc1cc(-c2cc(-c3ccc(F)c(O)c3)c[nH]c2=O)ccc1O. The molecule has 0 aliphatic heterocycles. The Bertz CT molecular complexity index is 965. The van der Waals surface area contributed by atoms with Crippen molar-refractivity contribution in [2.75, 3.05) is 7.11 Å². The first-order valence-electron chi connectivity index (χ1n) is 7.08. The molecule has 0 saturated carbocycles. The number of rotatable bonds is 3. The number of H-pyrrole nitrogens is 1. The van der Waals surface area contributed by atoms with Crippen LogP contribution >= 0.6 is 0 Å². The van der Waals surface area contributed by atoms with Crippen LogP contribution in [0.3, 0.4) is 0 Å². The second-order valence-corrected chi connectivity index (χ2v) is 5.18. The second-order valence-electron chi connectivity index (χ2n) is 5.18. The van der Waals surface area contributed by atoms with E-state index in [-0.39, 0.29) is 17.1 Å². The molecular weight excluding hydrogens is 313 g/mol. The third kappa shape index (κ3) is 2.81. The number of aromatic amines is 1. The molecule has 6 heteroatoms. The van der Waals surface area contributed by atoms with Crippen molar-refractivity contribution >= 4 is 0 Å². The van der Waals surface area contributed by atoms with Gasteiger partial charge in [0, 0.05) is 11.8 Å². The predicted octanol–water partition coefficient (Wildman–Crippen LogP) is 3.27. The van der Waals surface area contributed by atoms with Gasteiger partial charge >= 0.3 is 0 Å². The summed E-state index contributed by atoms with van der Waals surface area (Å²) in [7, 11) is 1.42. The minimum Gasteiger partial charge on any atom is -0.505 e. The Morgan fingerprint density at radius 3 is 2.42 bits per heavy atom. The zero-order chi connectivity index (χ0) is 17.3. The van der Waals surface area contributed by atoms with Gasteiger partial charge < -0.3 is 19.9 Å². The van der Waals surface area contributed by atoms with Crippen molar-refractivity contribution in [1.82, 2.24) is 4.98 Å². The summed E-state index contributed by atoms with van der Waals surface area (Å²) >= 11 is 0. The normalized spacial score (nSPS) is 10.6. The topological polar surface area (TPSA) is 82.5 Å². The van der Waals surface area contributed by atoms with Gasteiger partial charge in [-0.3, -0.25) is 4.79 Å². The Hall–Kier alpha value is -3.28. The number of pyridine rings is 1. The van der Waals surface area contributed by atoms with Gasteiger partial charge in [0.15, 0.2) is 23.1 Å². The van der Waals surface area contributed by atoms with Crippen LogP contribution in [0, 0.1) is 5.82 Å². The summed E-state index contributed by atoms with van der Waals surface area (Å²) in [5, 5.41) is 19.2. The van der Waals surface area contributed by atoms with E-state index in [2.05, 4.69) is 4.98 Å². The minimum absolute atomic E-state index is 0.0303. The first-order chi connectivity index (χ1) is 11.5. The van der Waals surface area contributed by atoms with Crippen molar-refractivity contribution in [2.24, 2.45) is 0 Å². The minimum atomic E-state index is -0.716. The van der Waals surface area contributed by atoms with E-state index in [1.54, 1.807) is 18.2 Å². The number of nitrogens with one attached hydrogen (secondary N) is 1. The van der Waals surface area contributed by atoms with Crippen molar-refractivity contribution in [3.8, 4) is 39.5 Å². The number of hydrogen-bond donors (Lipinski definition) is 3. The molecule has 1 heterocycles. The molecule has 0 atom stereocenters. The lowest BCUT2D eigenvalue weighted by molar-refractivity contribution is 0.373. The van der Waals surface area contributed by atoms with E-state index in [1.165, 1.54) is 31.5 Å². The van der Waals surface area contributed by atoms with Gasteiger partial charge in [0.25, 0.3) is 5.56 Å². The van der Waals surface area contributed by atoms with Gasteiger partial charge in [-0.1, -0.05) is 12.1 Å². The fraction of sp³-hybridized carbons (Fsp3) is 0.0556. The number of phenolic OH excluding ortho intramolecular Hbond substituents is 2. The average molecular weight is 327 g/mol. The Kier molecular flexibility index (Phi) is 3.95. The molecule has 5 nitrogen and oxygen atoms in total. The smallest absolute Gasteiger partial charge is 0.255 e.